The van der Waals surface area contributed by atoms with E-state index in [1.807, 2.05) is 25.1 Å². The number of hydrogen-bond acceptors (Lipinski definition) is 3. The summed E-state index contributed by atoms with van der Waals surface area (Å²) >= 11 is 0. The fourth-order valence-electron chi connectivity index (χ4n) is 1.87. The van der Waals surface area contributed by atoms with Gasteiger partial charge in [-0.2, -0.15) is 5.26 Å². The van der Waals surface area contributed by atoms with Gasteiger partial charge in [0.1, 0.15) is 11.8 Å². The molecule has 1 N–H and O–H groups in total. The Morgan fingerprint density at radius 3 is 2.56 bits per heavy atom. The van der Waals surface area contributed by atoms with Crippen LogP contribution < -0.4 is 5.56 Å². The lowest BCUT2D eigenvalue weighted by molar-refractivity contribution is 0.469. The highest BCUT2D eigenvalue weighted by Crippen LogP contribution is 2.17. The first-order valence-corrected chi connectivity index (χ1v) is 5.62. The summed E-state index contributed by atoms with van der Waals surface area (Å²) in [6.45, 7) is 1.89. The summed E-state index contributed by atoms with van der Waals surface area (Å²) in [6, 6.07) is 12.3. The van der Waals surface area contributed by atoms with Crippen LogP contribution in [-0.2, 0) is 6.42 Å². The Balaban J connectivity index is 2.82. The van der Waals surface area contributed by atoms with Crippen LogP contribution in [0.5, 0.6) is 5.75 Å². The lowest BCUT2D eigenvalue weighted by Gasteiger charge is -2.12. The van der Waals surface area contributed by atoms with Crippen molar-refractivity contribution in [1.82, 2.24) is 4.57 Å². The van der Waals surface area contributed by atoms with Crippen molar-refractivity contribution in [2.75, 3.05) is 0 Å². The maximum atomic E-state index is 12.2. The molecule has 0 aliphatic carbocycles. The molecule has 2 rings (SSSR count). The number of pyridine rings is 1. The molecule has 0 amide bonds. The Kier molecular flexibility index (Phi) is 3.16. The fourth-order valence-corrected chi connectivity index (χ4v) is 1.87. The van der Waals surface area contributed by atoms with Crippen molar-refractivity contribution in [3.63, 3.8) is 0 Å². The van der Waals surface area contributed by atoms with Crippen LogP contribution in [0.4, 0.5) is 0 Å². The molecule has 0 spiro atoms. The van der Waals surface area contributed by atoms with Crippen molar-refractivity contribution >= 4 is 0 Å². The summed E-state index contributed by atoms with van der Waals surface area (Å²) in [6.07, 6.45) is 0.587. The van der Waals surface area contributed by atoms with Crippen molar-refractivity contribution in [3.8, 4) is 17.5 Å². The zero-order valence-corrected chi connectivity index (χ0v) is 9.92. The highest BCUT2D eigenvalue weighted by molar-refractivity contribution is 5.45. The van der Waals surface area contributed by atoms with E-state index in [-0.39, 0.29) is 11.3 Å². The third-order valence-corrected chi connectivity index (χ3v) is 2.75. The minimum Gasteiger partial charge on any atom is -0.506 e. The molecule has 0 unspecified atom stereocenters. The maximum Gasteiger partial charge on any atom is 0.277 e. The van der Waals surface area contributed by atoms with Crippen LogP contribution in [0.1, 0.15) is 18.2 Å². The van der Waals surface area contributed by atoms with E-state index in [9.17, 15) is 9.90 Å². The van der Waals surface area contributed by atoms with E-state index in [2.05, 4.69) is 0 Å². The van der Waals surface area contributed by atoms with Crippen LogP contribution in [0.3, 0.4) is 0 Å². The first-order valence-electron chi connectivity index (χ1n) is 5.62. The summed E-state index contributed by atoms with van der Waals surface area (Å²) in [5.41, 5.74) is 0.648. The quantitative estimate of drug-likeness (QED) is 0.872. The van der Waals surface area contributed by atoms with Gasteiger partial charge in [-0.3, -0.25) is 9.36 Å². The molecule has 90 valence electrons. The first kappa shape index (κ1) is 11.9. The number of benzene rings is 1. The maximum absolute atomic E-state index is 12.2. The SMILES string of the molecule is CCc1cc(O)c(C#N)c(=O)n1-c1ccccc1. The lowest BCUT2D eigenvalue weighted by Crippen LogP contribution is -2.24. The Morgan fingerprint density at radius 1 is 1.33 bits per heavy atom. The van der Waals surface area contributed by atoms with Crippen molar-refractivity contribution in [1.29, 1.82) is 5.26 Å². The largest absolute Gasteiger partial charge is 0.506 e. The molecular weight excluding hydrogens is 228 g/mol. The zero-order chi connectivity index (χ0) is 13.1. The van der Waals surface area contributed by atoms with E-state index in [0.717, 1.165) is 0 Å². The molecule has 1 aromatic carbocycles. The average Bonchev–Trinajstić information content (AvgIpc) is 2.39. The summed E-state index contributed by atoms with van der Waals surface area (Å²) in [4.78, 5) is 12.2. The van der Waals surface area contributed by atoms with Gasteiger partial charge in [0.25, 0.3) is 5.56 Å². The topological polar surface area (TPSA) is 66.0 Å². The summed E-state index contributed by atoms with van der Waals surface area (Å²) in [5.74, 6) is -0.258. The fraction of sp³-hybridized carbons (Fsp3) is 0.143. The Labute approximate surface area is 104 Å². The highest BCUT2D eigenvalue weighted by Gasteiger charge is 2.14. The molecule has 0 saturated carbocycles. The number of aryl methyl sites for hydroxylation is 1. The summed E-state index contributed by atoms with van der Waals surface area (Å²) in [7, 11) is 0. The van der Waals surface area contributed by atoms with E-state index in [4.69, 9.17) is 5.26 Å². The number of nitrogens with zero attached hydrogens (tertiary/aromatic N) is 2. The van der Waals surface area contributed by atoms with Crippen LogP contribution >= 0.6 is 0 Å². The molecule has 1 heterocycles. The van der Waals surface area contributed by atoms with Gasteiger partial charge in [-0.15, -0.1) is 0 Å². The van der Waals surface area contributed by atoms with E-state index >= 15 is 0 Å². The van der Waals surface area contributed by atoms with Crippen molar-refractivity contribution in [3.05, 3.63) is 58.0 Å². The predicted octanol–water partition coefficient (Wildman–Crippen LogP) is 1.98. The molecule has 0 bridgehead atoms. The third kappa shape index (κ3) is 1.87. The average molecular weight is 240 g/mol. The van der Waals surface area contributed by atoms with Crippen LogP contribution in [0.15, 0.2) is 41.2 Å². The minimum absolute atomic E-state index is 0.226. The van der Waals surface area contributed by atoms with Crippen LogP contribution in [0.25, 0.3) is 5.69 Å². The molecule has 0 saturated heterocycles. The molecule has 4 heteroatoms. The molecule has 0 aliphatic rings. The van der Waals surface area contributed by atoms with Gasteiger partial charge in [0.2, 0.25) is 0 Å². The number of hydrogen-bond donors (Lipinski definition) is 1. The van der Waals surface area contributed by atoms with Gasteiger partial charge in [-0.25, -0.2) is 0 Å². The molecule has 2 aromatic rings. The van der Waals surface area contributed by atoms with Crippen molar-refractivity contribution in [2.45, 2.75) is 13.3 Å². The standard InChI is InChI=1S/C14H12N2O2/c1-2-10-8-13(17)12(9-15)14(18)16(10)11-6-4-3-5-7-11/h3-8,17H,2H2,1H3. The number of para-hydroxylation sites is 1. The second-order valence-corrected chi connectivity index (χ2v) is 3.84. The van der Waals surface area contributed by atoms with Crippen LogP contribution in [0.2, 0.25) is 0 Å². The second-order valence-electron chi connectivity index (χ2n) is 3.84. The monoisotopic (exact) mass is 240 g/mol. The normalized spacial score (nSPS) is 10.0. The molecule has 18 heavy (non-hydrogen) atoms. The van der Waals surface area contributed by atoms with Crippen molar-refractivity contribution in [2.24, 2.45) is 0 Å². The number of nitriles is 1. The molecule has 4 nitrogen and oxygen atoms in total. The smallest absolute Gasteiger partial charge is 0.277 e. The van der Waals surface area contributed by atoms with Crippen LogP contribution in [-0.4, -0.2) is 9.67 Å². The van der Waals surface area contributed by atoms with Crippen LogP contribution in [0, 0.1) is 11.3 Å². The van der Waals surface area contributed by atoms with E-state index in [1.54, 1.807) is 18.2 Å². The summed E-state index contributed by atoms with van der Waals surface area (Å²) in [5, 5.41) is 18.5. The molecule has 1 aromatic heterocycles. The zero-order valence-electron chi connectivity index (χ0n) is 9.92. The van der Waals surface area contributed by atoms with Crippen molar-refractivity contribution < 1.29 is 5.11 Å². The molecule has 0 radical (unpaired) electrons. The molecule has 0 aliphatic heterocycles. The van der Waals surface area contributed by atoms with Gasteiger partial charge in [-0.05, 0) is 18.6 Å². The molecule has 0 atom stereocenters. The number of aromatic hydroxyl groups is 1. The van der Waals surface area contributed by atoms with E-state index in [1.165, 1.54) is 10.6 Å². The van der Waals surface area contributed by atoms with E-state index in [0.29, 0.717) is 17.8 Å². The first-order chi connectivity index (χ1) is 8.69. The third-order valence-electron chi connectivity index (χ3n) is 2.75. The van der Waals surface area contributed by atoms with Gasteiger partial charge in [0.05, 0.1) is 0 Å². The predicted molar refractivity (Wildman–Crippen MR) is 67.8 cm³/mol. The van der Waals surface area contributed by atoms with Gasteiger partial charge in [0, 0.05) is 17.4 Å². The summed E-state index contributed by atoms with van der Waals surface area (Å²) < 4.78 is 1.46. The van der Waals surface area contributed by atoms with Gasteiger partial charge >= 0.3 is 0 Å². The Hall–Kier alpha value is -2.54. The number of rotatable bonds is 2. The van der Waals surface area contributed by atoms with E-state index < -0.39 is 5.56 Å². The second kappa shape index (κ2) is 4.76. The molecule has 0 fully saturated rings. The number of aromatic nitrogens is 1. The van der Waals surface area contributed by atoms with Gasteiger partial charge in [-0.1, -0.05) is 25.1 Å². The minimum atomic E-state index is -0.486. The molecular formula is C14H12N2O2. The van der Waals surface area contributed by atoms with Gasteiger partial charge in [0.15, 0.2) is 5.56 Å². The Morgan fingerprint density at radius 2 is 2.00 bits per heavy atom. The lowest BCUT2D eigenvalue weighted by atomic mass is 10.2. The van der Waals surface area contributed by atoms with Gasteiger partial charge < -0.3 is 5.11 Å². The highest BCUT2D eigenvalue weighted by atomic mass is 16.3. The Bertz CT molecular complexity index is 667.